The summed E-state index contributed by atoms with van der Waals surface area (Å²) in [6.07, 6.45) is 7.12. The lowest BCUT2D eigenvalue weighted by Gasteiger charge is -2.24. The quantitative estimate of drug-likeness (QED) is 0.706. The Balaban J connectivity index is 1.80. The lowest BCUT2D eigenvalue weighted by atomic mass is 10.0. The van der Waals surface area contributed by atoms with Gasteiger partial charge in [-0.25, -0.2) is 0 Å². The molecule has 0 bridgehead atoms. The van der Waals surface area contributed by atoms with Gasteiger partial charge in [-0.05, 0) is 31.4 Å². The normalized spacial score (nSPS) is 15.4. The van der Waals surface area contributed by atoms with Gasteiger partial charge < -0.3 is 9.73 Å². The number of rotatable bonds is 10. The first-order valence-electron chi connectivity index (χ1n) is 8.27. The second-order valence-electron chi connectivity index (χ2n) is 6.09. The van der Waals surface area contributed by atoms with Gasteiger partial charge in [-0.3, -0.25) is 4.90 Å². The predicted molar refractivity (Wildman–Crippen MR) is 83.6 cm³/mol. The molecule has 0 aromatic carbocycles. The fraction of sp³-hybridized carbons (Fsp3) is 0.765. The molecule has 0 atom stereocenters. The van der Waals surface area contributed by atoms with Gasteiger partial charge in [0.2, 0.25) is 0 Å². The Morgan fingerprint density at radius 1 is 1.30 bits per heavy atom. The van der Waals surface area contributed by atoms with Crippen LogP contribution in [0.3, 0.4) is 0 Å². The Morgan fingerprint density at radius 3 is 2.65 bits per heavy atom. The Morgan fingerprint density at radius 2 is 2.05 bits per heavy atom. The van der Waals surface area contributed by atoms with Crippen molar-refractivity contribution in [1.82, 2.24) is 10.2 Å². The zero-order valence-electron chi connectivity index (χ0n) is 13.3. The molecule has 0 amide bonds. The van der Waals surface area contributed by atoms with Gasteiger partial charge in [-0.2, -0.15) is 0 Å². The van der Waals surface area contributed by atoms with Crippen LogP contribution in [0.5, 0.6) is 0 Å². The third-order valence-electron chi connectivity index (χ3n) is 4.38. The van der Waals surface area contributed by atoms with Gasteiger partial charge in [-0.15, -0.1) is 0 Å². The van der Waals surface area contributed by atoms with E-state index in [1.807, 2.05) is 6.26 Å². The van der Waals surface area contributed by atoms with Crippen LogP contribution in [-0.4, -0.2) is 24.0 Å². The molecule has 20 heavy (non-hydrogen) atoms. The summed E-state index contributed by atoms with van der Waals surface area (Å²) in [6, 6.07) is 2.97. The molecule has 1 N–H and O–H groups in total. The average Bonchev–Trinajstić information content (AvgIpc) is 3.20. The highest BCUT2D eigenvalue weighted by Gasteiger charge is 2.20. The molecular formula is C17H30N2O. The Labute approximate surface area is 123 Å². The largest absolute Gasteiger partial charge is 0.468 e. The summed E-state index contributed by atoms with van der Waals surface area (Å²) in [4.78, 5) is 2.49. The van der Waals surface area contributed by atoms with Crippen LogP contribution in [0, 0.1) is 5.92 Å². The van der Waals surface area contributed by atoms with E-state index in [0.29, 0.717) is 0 Å². The smallest absolute Gasteiger partial charge is 0.118 e. The molecule has 0 aliphatic heterocycles. The molecule has 0 radical (unpaired) electrons. The van der Waals surface area contributed by atoms with E-state index < -0.39 is 0 Å². The number of furan rings is 1. The van der Waals surface area contributed by atoms with E-state index in [9.17, 15) is 0 Å². The number of hydrogen-bond acceptors (Lipinski definition) is 3. The minimum atomic E-state index is 0.760. The molecule has 114 valence electrons. The number of nitrogens with zero attached hydrogens (tertiary/aromatic N) is 1. The van der Waals surface area contributed by atoms with E-state index in [2.05, 4.69) is 37.1 Å². The van der Waals surface area contributed by atoms with Crippen molar-refractivity contribution in [2.45, 2.75) is 65.6 Å². The van der Waals surface area contributed by atoms with Crippen molar-refractivity contribution in [1.29, 1.82) is 0 Å². The van der Waals surface area contributed by atoms with Crippen molar-refractivity contribution < 1.29 is 4.42 Å². The molecule has 0 unspecified atom stereocenters. The highest BCUT2D eigenvalue weighted by atomic mass is 16.3. The van der Waals surface area contributed by atoms with E-state index in [0.717, 1.165) is 37.4 Å². The van der Waals surface area contributed by atoms with Crippen LogP contribution in [0.25, 0.3) is 0 Å². The van der Waals surface area contributed by atoms with Gasteiger partial charge in [0.1, 0.15) is 5.76 Å². The second kappa shape index (κ2) is 7.84. The molecule has 3 heteroatoms. The van der Waals surface area contributed by atoms with E-state index in [-0.39, 0.29) is 0 Å². The number of hydrogen-bond donors (Lipinski definition) is 1. The van der Waals surface area contributed by atoms with Crippen molar-refractivity contribution in [3.8, 4) is 0 Å². The van der Waals surface area contributed by atoms with Gasteiger partial charge in [0.25, 0.3) is 0 Å². The van der Waals surface area contributed by atoms with Gasteiger partial charge >= 0.3 is 0 Å². The Hall–Kier alpha value is -0.800. The van der Waals surface area contributed by atoms with E-state index in [1.165, 1.54) is 37.8 Å². The van der Waals surface area contributed by atoms with Crippen LogP contribution in [-0.2, 0) is 13.1 Å². The molecule has 1 aliphatic rings. The second-order valence-corrected chi connectivity index (χ2v) is 6.09. The van der Waals surface area contributed by atoms with Gasteiger partial charge in [-0.1, -0.05) is 33.6 Å². The lowest BCUT2D eigenvalue weighted by Crippen LogP contribution is -2.28. The van der Waals surface area contributed by atoms with Gasteiger partial charge in [0.15, 0.2) is 0 Å². The minimum absolute atomic E-state index is 0.760. The molecule has 1 aromatic rings. The molecule has 1 heterocycles. The van der Waals surface area contributed by atoms with Crippen LogP contribution >= 0.6 is 0 Å². The van der Waals surface area contributed by atoms with E-state index >= 15 is 0 Å². The topological polar surface area (TPSA) is 28.4 Å². The predicted octanol–water partition coefficient (Wildman–Crippen LogP) is 3.79. The molecule has 2 rings (SSSR count). The zero-order chi connectivity index (χ0) is 14.4. The standard InChI is InChI=1S/C17H30N2O/c1-4-14(5-2)11-19(6-3)12-17-9-15(13-20-17)10-18-16-7-8-16/h9,13-14,16,18H,4-8,10-12H2,1-3H3. The zero-order valence-corrected chi connectivity index (χ0v) is 13.3. The molecular weight excluding hydrogens is 248 g/mol. The van der Waals surface area contributed by atoms with Crippen LogP contribution in [0.2, 0.25) is 0 Å². The van der Waals surface area contributed by atoms with E-state index in [1.54, 1.807) is 0 Å². The maximum Gasteiger partial charge on any atom is 0.118 e. The minimum Gasteiger partial charge on any atom is -0.468 e. The first-order chi connectivity index (χ1) is 9.75. The van der Waals surface area contributed by atoms with Crippen molar-refractivity contribution >= 4 is 0 Å². The fourth-order valence-electron chi connectivity index (χ4n) is 2.59. The van der Waals surface area contributed by atoms with Crippen molar-refractivity contribution in [2.75, 3.05) is 13.1 Å². The summed E-state index contributed by atoms with van der Waals surface area (Å²) in [5.41, 5.74) is 1.28. The summed E-state index contributed by atoms with van der Waals surface area (Å²) in [5, 5.41) is 3.53. The highest BCUT2D eigenvalue weighted by Crippen LogP contribution is 2.20. The highest BCUT2D eigenvalue weighted by molar-refractivity contribution is 5.13. The summed E-state index contributed by atoms with van der Waals surface area (Å²) < 4.78 is 5.72. The third kappa shape index (κ3) is 4.95. The molecule has 1 aliphatic carbocycles. The Bertz CT molecular complexity index is 380. The molecule has 3 nitrogen and oxygen atoms in total. The fourth-order valence-corrected chi connectivity index (χ4v) is 2.59. The molecule has 1 aromatic heterocycles. The maximum absolute atomic E-state index is 5.72. The Kier molecular flexibility index (Phi) is 6.11. The molecule has 0 spiro atoms. The van der Waals surface area contributed by atoms with Crippen LogP contribution in [0.4, 0.5) is 0 Å². The SMILES string of the molecule is CCC(CC)CN(CC)Cc1cc(CNC2CC2)co1. The van der Waals surface area contributed by atoms with Crippen LogP contribution in [0.1, 0.15) is 57.8 Å². The molecule has 1 fully saturated rings. The lowest BCUT2D eigenvalue weighted by molar-refractivity contribution is 0.211. The summed E-state index contributed by atoms with van der Waals surface area (Å²) in [6.45, 7) is 11.0. The van der Waals surface area contributed by atoms with Crippen molar-refractivity contribution in [3.63, 3.8) is 0 Å². The third-order valence-corrected chi connectivity index (χ3v) is 4.38. The first kappa shape index (κ1) is 15.6. The van der Waals surface area contributed by atoms with Gasteiger partial charge in [0.05, 0.1) is 12.8 Å². The summed E-state index contributed by atoms with van der Waals surface area (Å²) >= 11 is 0. The average molecular weight is 278 g/mol. The molecule has 1 saturated carbocycles. The molecule has 0 saturated heterocycles. The maximum atomic E-state index is 5.72. The van der Waals surface area contributed by atoms with Crippen LogP contribution < -0.4 is 5.32 Å². The summed E-state index contributed by atoms with van der Waals surface area (Å²) in [7, 11) is 0. The summed E-state index contributed by atoms with van der Waals surface area (Å²) in [5.74, 6) is 1.91. The van der Waals surface area contributed by atoms with Crippen molar-refractivity contribution in [3.05, 3.63) is 23.7 Å². The van der Waals surface area contributed by atoms with Gasteiger partial charge in [0, 0.05) is 24.7 Å². The number of nitrogens with one attached hydrogen (secondary N) is 1. The van der Waals surface area contributed by atoms with Crippen LogP contribution in [0.15, 0.2) is 16.7 Å². The van der Waals surface area contributed by atoms with E-state index in [4.69, 9.17) is 4.42 Å². The first-order valence-corrected chi connectivity index (χ1v) is 8.27. The van der Waals surface area contributed by atoms with Crippen molar-refractivity contribution in [2.24, 2.45) is 5.92 Å². The monoisotopic (exact) mass is 278 g/mol.